The quantitative estimate of drug-likeness (QED) is 0.562. The Morgan fingerprint density at radius 2 is 2.27 bits per heavy atom. The highest BCUT2D eigenvalue weighted by Gasteiger charge is 2.09. The molecule has 0 unspecified atom stereocenters. The molecular weight excluding hydrogens is 197 g/mol. The molecule has 3 nitrogen and oxygen atoms in total. The number of halogens is 1. The van der Waals surface area contributed by atoms with Gasteiger partial charge in [-0.15, -0.1) is 0 Å². The van der Waals surface area contributed by atoms with Crippen molar-refractivity contribution in [2.45, 2.75) is 13.3 Å². The number of aliphatic imine (C=N–C) groups is 1. The van der Waals surface area contributed by atoms with E-state index in [-0.39, 0.29) is 12.4 Å². The van der Waals surface area contributed by atoms with Crippen molar-refractivity contribution in [3.63, 3.8) is 0 Å². The van der Waals surface area contributed by atoms with Crippen LogP contribution in [0.15, 0.2) is 17.1 Å². The molecule has 0 heterocycles. The molecule has 1 aromatic rings. The fourth-order valence-corrected chi connectivity index (χ4v) is 1.38. The molecule has 15 heavy (non-hydrogen) atoms. The predicted molar refractivity (Wildman–Crippen MR) is 54.4 cm³/mol. The number of methoxy groups -OCH3 is 1. The van der Waals surface area contributed by atoms with Crippen LogP contribution in [0.1, 0.15) is 11.1 Å². The maximum absolute atomic E-state index is 13.5. The van der Waals surface area contributed by atoms with Crippen molar-refractivity contribution >= 4 is 6.08 Å². The smallest absolute Gasteiger partial charge is 0.234 e. The molecule has 0 saturated heterocycles. The van der Waals surface area contributed by atoms with Gasteiger partial charge < -0.3 is 4.74 Å². The first kappa shape index (κ1) is 11.4. The normalized spacial score (nSPS) is 9.53. The zero-order chi connectivity index (χ0) is 11.3. The Hall–Kier alpha value is -1.67. The monoisotopic (exact) mass is 209 g/mol. The molecule has 0 N–H and O–H groups in total. The highest BCUT2D eigenvalue weighted by atomic mass is 19.1. The lowest BCUT2D eigenvalue weighted by atomic mass is 10.1. The van der Waals surface area contributed by atoms with E-state index in [1.165, 1.54) is 19.3 Å². The molecule has 0 atom stereocenters. The van der Waals surface area contributed by atoms with Gasteiger partial charge in [0.05, 0.1) is 13.7 Å². The Labute approximate surface area is 87.6 Å². The largest absolute Gasteiger partial charge is 0.496 e. The van der Waals surface area contributed by atoms with Crippen LogP contribution in [-0.2, 0) is 11.2 Å². The van der Waals surface area contributed by atoms with E-state index in [1.54, 1.807) is 13.0 Å². The maximum Gasteiger partial charge on any atom is 0.234 e. The molecule has 0 aliphatic carbocycles. The van der Waals surface area contributed by atoms with Crippen LogP contribution in [0.2, 0.25) is 0 Å². The van der Waals surface area contributed by atoms with Crippen LogP contribution in [0.4, 0.5) is 4.39 Å². The second kappa shape index (κ2) is 5.27. The van der Waals surface area contributed by atoms with E-state index in [0.717, 1.165) is 5.56 Å². The van der Waals surface area contributed by atoms with Gasteiger partial charge in [0.2, 0.25) is 6.08 Å². The fourth-order valence-electron chi connectivity index (χ4n) is 1.38. The second-order valence-electron chi connectivity index (χ2n) is 3.15. The highest BCUT2D eigenvalue weighted by Crippen LogP contribution is 2.23. The van der Waals surface area contributed by atoms with Gasteiger partial charge in [0.25, 0.3) is 0 Å². The molecule has 4 heteroatoms. The average molecular weight is 209 g/mol. The van der Waals surface area contributed by atoms with Gasteiger partial charge in [0.1, 0.15) is 11.6 Å². The predicted octanol–water partition coefficient (Wildman–Crippen LogP) is 2.02. The number of hydrogen-bond donors (Lipinski definition) is 0. The molecule has 1 rings (SSSR count). The first-order chi connectivity index (χ1) is 7.19. The van der Waals surface area contributed by atoms with Crippen molar-refractivity contribution in [1.29, 1.82) is 0 Å². The number of carbonyl (C=O) groups excluding carboxylic acids is 1. The molecular formula is C11H12FNO2. The van der Waals surface area contributed by atoms with E-state index in [0.29, 0.717) is 17.7 Å². The van der Waals surface area contributed by atoms with E-state index in [4.69, 9.17) is 4.74 Å². The van der Waals surface area contributed by atoms with Gasteiger partial charge in [-0.1, -0.05) is 0 Å². The van der Waals surface area contributed by atoms with Crippen molar-refractivity contribution in [2.24, 2.45) is 4.99 Å². The summed E-state index contributed by atoms with van der Waals surface area (Å²) in [6.07, 6.45) is 1.76. The van der Waals surface area contributed by atoms with E-state index < -0.39 is 0 Å². The Kier molecular flexibility index (Phi) is 4.01. The molecule has 0 bridgehead atoms. The Morgan fingerprint density at radius 1 is 1.53 bits per heavy atom. The van der Waals surface area contributed by atoms with Crippen molar-refractivity contribution in [3.05, 3.63) is 29.1 Å². The zero-order valence-corrected chi connectivity index (χ0v) is 8.71. The maximum atomic E-state index is 13.5. The summed E-state index contributed by atoms with van der Waals surface area (Å²) < 4.78 is 18.6. The number of benzene rings is 1. The summed E-state index contributed by atoms with van der Waals surface area (Å²) in [7, 11) is 1.49. The number of hydrogen-bond acceptors (Lipinski definition) is 3. The Balaban J connectivity index is 2.98. The standard InChI is InChI=1S/C11H12FNO2/c1-8-5-10(12)9(3-4-13-7-14)11(6-8)15-2/h5-6H,3-4H2,1-2H3. The minimum absolute atomic E-state index is 0.222. The highest BCUT2D eigenvalue weighted by molar-refractivity contribution is 5.39. The number of ether oxygens (including phenoxy) is 1. The summed E-state index contributed by atoms with van der Waals surface area (Å²) in [5.74, 6) is 0.168. The fraction of sp³-hybridized carbons (Fsp3) is 0.364. The summed E-state index contributed by atoms with van der Waals surface area (Å²) in [5.41, 5.74) is 1.24. The van der Waals surface area contributed by atoms with Gasteiger partial charge in [0.15, 0.2) is 0 Å². The first-order valence-electron chi connectivity index (χ1n) is 4.55. The molecule has 0 aromatic heterocycles. The van der Waals surface area contributed by atoms with E-state index in [9.17, 15) is 9.18 Å². The summed E-state index contributed by atoms with van der Waals surface area (Å²) in [6.45, 7) is 2.01. The van der Waals surface area contributed by atoms with Gasteiger partial charge in [-0.25, -0.2) is 14.2 Å². The van der Waals surface area contributed by atoms with E-state index in [2.05, 4.69) is 4.99 Å². The van der Waals surface area contributed by atoms with Crippen molar-refractivity contribution in [2.75, 3.05) is 13.7 Å². The van der Waals surface area contributed by atoms with Crippen LogP contribution < -0.4 is 4.74 Å². The van der Waals surface area contributed by atoms with Crippen LogP contribution in [0.5, 0.6) is 5.75 Å². The number of nitrogens with zero attached hydrogens (tertiary/aromatic N) is 1. The lowest BCUT2D eigenvalue weighted by molar-refractivity contribution is 0.404. The van der Waals surface area contributed by atoms with E-state index >= 15 is 0 Å². The first-order valence-corrected chi connectivity index (χ1v) is 4.55. The molecule has 0 amide bonds. The van der Waals surface area contributed by atoms with Gasteiger partial charge in [-0.05, 0) is 31.0 Å². The third kappa shape index (κ3) is 2.89. The molecule has 0 fully saturated rings. The molecule has 0 aliphatic heterocycles. The Bertz CT molecular complexity index is 398. The third-order valence-corrected chi connectivity index (χ3v) is 2.06. The van der Waals surface area contributed by atoms with Crippen LogP contribution in [-0.4, -0.2) is 19.7 Å². The minimum Gasteiger partial charge on any atom is -0.496 e. The summed E-state index contributed by atoms with van der Waals surface area (Å²) in [6, 6.07) is 3.19. The SMILES string of the molecule is COc1cc(C)cc(F)c1CCN=C=O. The molecule has 0 radical (unpaired) electrons. The van der Waals surface area contributed by atoms with Crippen LogP contribution in [0.25, 0.3) is 0 Å². The number of isocyanates is 1. The van der Waals surface area contributed by atoms with Gasteiger partial charge in [-0.2, -0.15) is 0 Å². The lowest BCUT2D eigenvalue weighted by Gasteiger charge is -2.09. The van der Waals surface area contributed by atoms with Crippen molar-refractivity contribution in [3.8, 4) is 5.75 Å². The van der Waals surface area contributed by atoms with Gasteiger partial charge >= 0.3 is 0 Å². The topological polar surface area (TPSA) is 38.7 Å². The number of rotatable bonds is 4. The molecule has 0 spiro atoms. The van der Waals surface area contributed by atoms with Gasteiger partial charge in [0, 0.05) is 5.56 Å². The van der Waals surface area contributed by atoms with Crippen molar-refractivity contribution < 1.29 is 13.9 Å². The molecule has 0 aliphatic rings. The van der Waals surface area contributed by atoms with Crippen LogP contribution in [0.3, 0.4) is 0 Å². The van der Waals surface area contributed by atoms with E-state index in [1.807, 2.05) is 0 Å². The molecule has 80 valence electrons. The second-order valence-corrected chi connectivity index (χ2v) is 3.15. The van der Waals surface area contributed by atoms with Crippen LogP contribution >= 0.6 is 0 Å². The molecule has 1 aromatic carbocycles. The number of aryl methyl sites for hydroxylation is 1. The average Bonchev–Trinajstić information content (AvgIpc) is 2.20. The zero-order valence-electron chi connectivity index (χ0n) is 8.71. The van der Waals surface area contributed by atoms with Gasteiger partial charge in [-0.3, -0.25) is 0 Å². The Morgan fingerprint density at radius 3 is 2.87 bits per heavy atom. The molecule has 0 saturated carbocycles. The summed E-state index contributed by atoms with van der Waals surface area (Å²) in [5, 5.41) is 0. The minimum atomic E-state index is -0.326. The summed E-state index contributed by atoms with van der Waals surface area (Å²) >= 11 is 0. The summed E-state index contributed by atoms with van der Waals surface area (Å²) in [4.78, 5) is 13.3. The van der Waals surface area contributed by atoms with Crippen molar-refractivity contribution in [1.82, 2.24) is 0 Å². The third-order valence-electron chi connectivity index (χ3n) is 2.06. The van der Waals surface area contributed by atoms with Crippen LogP contribution in [0, 0.1) is 12.7 Å². The lowest BCUT2D eigenvalue weighted by Crippen LogP contribution is -1.99.